The first-order chi connectivity index (χ1) is 20.9. The Bertz CT molecular complexity index is 1840. The number of hydrogen-bond donors (Lipinski definition) is 1. The van der Waals surface area contributed by atoms with E-state index in [1.807, 2.05) is 60.7 Å². The molecule has 1 atom stereocenters. The van der Waals surface area contributed by atoms with E-state index in [1.54, 1.807) is 24.3 Å². The average Bonchev–Trinajstić information content (AvgIpc) is 3.00. The van der Waals surface area contributed by atoms with E-state index in [4.69, 9.17) is 9.29 Å². The lowest BCUT2D eigenvalue weighted by molar-refractivity contribution is -0.167. The maximum absolute atomic E-state index is 13.3. The Morgan fingerprint density at radius 1 is 0.727 bits per heavy atom. The zero-order valence-corrected chi connectivity index (χ0v) is 24.8. The van der Waals surface area contributed by atoms with Gasteiger partial charge in [-0.3, -0.25) is 4.55 Å². The molecule has 0 fully saturated rings. The Hall–Kier alpha value is -4.32. The number of carbonyl (C=O) groups is 1. The minimum Gasteiger partial charge on any atom is -0.460 e. The van der Waals surface area contributed by atoms with Gasteiger partial charge in [-0.15, -0.1) is 0 Å². The molecule has 0 radical (unpaired) electrons. The van der Waals surface area contributed by atoms with Gasteiger partial charge in [0.15, 0.2) is 14.7 Å². The molecule has 44 heavy (non-hydrogen) atoms. The van der Waals surface area contributed by atoms with E-state index in [1.165, 1.54) is 21.9 Å². The van der Waals surface area contributed by atoms with Crippen molar-refractivity contribution in [2.75, 3.05) is 6.61 Å². The van der Waals surface area contributed by atoms with Crippen LogP contribution in [0.15, 0.2) is 136 Å². The number of fused-ring (bicyclic) bond motifs is 1. The van der Waals surface area contributed by atoms with Crippen LogP contribution in [0.25, 0.3) is 10.8 Å². The van der Waals surface area contributed by atoms with E-state index >= 15 is 0 Å². The third-order valence-electron chi connectivity index (χ3n) is 6.95. The van der Waals surface area contributed by atoms with E-state index in [-0.39, 0.29) is 23.4 Å². The first-order valence-electron chi connectivity index (χ1n) is 13.2. The van der Waals surface area contributed by atoms with Gasteiger partial charge in [0.25, 0.3) is 10.1 Å². The molecule has 0 spiro atoms. The van der Waals surface area contributed by atoms with Crippen LogP contribution in [0.5, 0.6) is 11.5 Å². The fourth-order valence-corrected chi connectivity index (χ4v) is 6.89. The molecule has 0 aliphatic rings. The Balaban J connectivity index is 1.31. The van der Waals surface area contributed by atoms with Gasteiger partial charge in [0.1, 0.15) is 18.1 Å². The lowest BCUT2D eigenvalue weighted by Crippen LogP contribution is -2.53. The van der Waals surface area contributed by atoms with Crippen molar-refractivity contribution in [1.29, 1.82) is 0 Å². The molecule has 1 unspecified atom stereocenters. The van der Waals surface area contributed by atoms with Gasteiger partial charge in [0, 0.05) is 0 Å². The minimum atomic E-state index is -5.61. The van der Waals surface area contributed by atoms with E-state index in [0.717, 1.165) is 4.90 Å². The van der Waals surface area contributed by atoms with Crippen molar-refractivity contribution in [3.05, 3.63) is 127 Å². The monoisotopic (exact) mass is 639 g/mol. The molecular weight excluding hydrogens is 613 g/mol. The third kappa shape index (κ3) is 6.59. The zero-order chi connectivity index (χ0) is 31.5. The average molecular weight is 640 g/mol. The zero-order valence-electron chi connectivity index (χ0n) is 23.2. The van der Waals surface area contributed by atoms with E-state index in [0.29, 0.717) is 22.3 Å². The van der Waals surface area contributed by atoms with Gasteiger partial charge in [-0.2, -0.15) is 21.6 Å². The summed E-state index contributed by atoms with van der Waals surface area (Å²) in [6.07, 6.45) is -5.37. The summed E-state index contributed by atoms with van der Waals surface area (Å²) in [4.78, 5) is 16.0. The molecule has 0 saturated carbocycles. The van der Waals surface area contributed by atoms with E-state index in [2.05, 4.69) is 29.0 Å². The molecule has 11 heteroatoms. The lowest BCUT2D eigenvalue weighted by Gasteiger charge is -2.27. The van der Waals surface area contributed by atoms with E-state index in [9.17, 15) is 26.4 Å². The Labute approximate surface area is 255 Å². The summed E-state index contributed by atoms with van der Waals surface area (Å²) in [6, 6.07) is 37.8. The van der Waals surface area contributed by atoms with Crippen LogP contribution in [0.4, 0.5) is 13.2 Å². The summed E-state index contributed by atoms with van der Waals surface area (Å²) in [6.45, 7) is -1.36. The highest BCUT2D eigenvalue weighted by Crippen LogP contribution is 2.37. The van der Waals surface area contributed by atoms with Gasteiger partial charge in [-0.25, -0.2) is 4.79 Å². The summed E-state index contributed by atoms with van der Waals surface area (Å²) >= 11 is 0. The molecule has 5 aromatic carbocycles. The predicted molar refractivity (Wildman–Crippen MR) is 162 cm³/mol. The molecule has 0 aromatic heterocycles. The number of benzene rings is 5. The minimum absolute atomic E-state index is 0.0890. The van der Waals surface area contributed by atoms with E-state index < -0.39 is 33.6 Å². The van der Waals surface area contributed by atoms with Gasteiger partial charge in [-0.05, 0) is 90.5 Å². The van der Waals surface area contributed by atoms with Crippen molar-refractivity contribution in [3.8, 4) is 11.5 Å². The normalized spacial score (nSPS) is 13.4. The van der Waals surface area contributed by atoms with Gasteiger partial charge < -0.3 is 9.47 Å². The third-order valence-corrected chi connectivity index (χ3v) is 10.7. The van der Waals surface area contributed by atoms with Crippen LogP contribution < -0.4 is 4.74 Å². The smallest absolute Gasteiger partial charge is 0.413 e. The van der Waals surface area contributed by atoms with Gasteiger partial charge in [0.2, 0.25) is 4.75 Å². The van der Waals surface area contributed by atoms with Gasteiger partial charge in [0.05, 0.1) is 16.5 Å². The van der Waals surface area contributed by atoms with Crippen molar-refractivity contribution in [2.45, 2.75) is 32.5 Å². The molecule has 226 valence electrons. The number of rotatable bonds is 9. The fraction of sp³-hybridized carbons (Fsp3) is 0.121. The van der Waals surface area contributed by atoms with Crippen LogP contribution in [-0.2, 0) is 25.7 Å². The first kappa shape index (κ1) is 31.1. The number of alkyl halides is 3. The summed E-state index contributed by atoms with van der Waals surface area (Å²) < 4.78 is 78.9. The maximum Gasteiger partial charge on any atom is 0.413 e. The molecular formula is C33H26F3O6S2+. The van der Waals surface area contributed by atoms with Crippen molar-refractivity contribution in [1.82, 2.24) is 0 Å². The quantitative estimate of drug-likeness (QED) is 0.0996. The highest BCUT2D eigenvalue weighted by Gasteiger charge is 2.61. The van der Waals surface area contributed by atoms with Crippen molar-refractivity contribution < 1.29 is 40.4 Å². The second kappa shape index (κ2) is 12.4. The number of hydrogen-bond acceptors (Lipinski definition) is 5. The second-order valence-electron chi connectivity index (χ2n) is 10.0. The Morgan fingerprint density at radius 2 is 1.23 bits per heavy atom. The summed E-state index contributed by atoms with van der Waals surface area (Å²) in [7, 11) is -5.91. The molecule has 6 nitrogen and oxygen atoms in total. The largest absolute Gasteiger partial charge is 0.460 e. The Kier molecular flexibility index (Phi) is 8.73. The molecule has 0 aliphatic heterocycles. The number of carbonyl (C=O) groups excluding carboxylic acids is 1. The van der Waals surface area contributed by atoms with Gasteiger partial charge in [-0.1, -0.05) is 48.5 Å². The molecule has 0 amide bonds. The summed E-state index contributed by atoms with van der Waals surface area (Å²) in [5.74, 6) is -0.0271. The standard InChI is InChI=1S/C33H25F3O6S2/c1-32(33(34,35)36,44(38,39)40)22-41-31(37)25-13-12-24-21-27(15-14-23(24)20-25)42-26-16-18-30(19-17-26)43(28-8-4-2-5-9-28)29-10-6-3-7-11-29/h2-21H,22H2,1H3/p+1. The van der Waals surface area contributed by atoms with Crippen LogP contribution in [0.1, 0.15) is 17.3 Å². The molecule has 1 N–H and O–H groups in total. The van der Waals surface area contributed by atoms with Gasteiger partial charge >= 0.3 is 12.1 Å². The van der Waals surface area contributed by atoms with Crippen LogP contribution in [-0.4, -0.2) is 36.5 Å². The molecule has 0 aliphatic carbocycles. The SMILES string of the molecule is CC(COC(=O)c1ccc2cc(Oc3ccc([S+](c4ccccc4)c4ccccc4)cc3)ccc2c1)(C(F)(F)F)S(=O)(=O)O. The topological polar surface area (TPSA) is 89.9 Å². The van der Waals surface area contributed by atoms with Crippen molar-refractivity contribution >= 4 is 37.8 Å². The molecule has 5 aromatic rings. The number of ether oxygens (including phenoxy) is 2. The molecule has 0 heterocycles. The van der Waals surface area contributed by atoms with Crippen molar-refractivity contribution in [3.63, 3.8) is 0 Å². The van der Waals surface area contributed by atoms with Crippen LogP contribution in [0.2, 0.25) is 0 Å². The number of esters is 1. The van der Waals surface area contributed by atoms with Crippen LogP contribution in [0.3, 0.4) is 0 Å². The highest BCUT2D eigenvalue weighted by atomic mass is 32.2. The summed E-state index contributed by atoms with van der Waals surface area (Å²) in [5.41, 5.74) is -0.0890. The highest BCUT2D eigenvalue weighted by molar-refractivity contribution is 7.97. The fourth-order valence-electron chi connectivity index (χ4n) is 4.30. The summed E-state index contributed by atoms with van der Waals surface area (Å²) in [5, 5.41) is 1.26. The van der Waals surface area contributed by atoms with Crippen LogP contribution >= 0.6 is 0 Å². The predicted octanol–water partition coefficient (Wildman–Crippen LogP) is 8.09. The Morgan fingerprint density at radius 3 is 1.77 bits per heavy atom. The molecule has 5 rings (SSSR count). The second-order valence-corrected chi connectivity index (χ2v) is 13.9. The first-order valence-corrected chi connectivity index (χ1v) is 15.9. The molecule has 0 bridgehead atoms. The molecule has 0 saturated heterocycles. The lowest BCUT2D eigenvalue weighted by atomic mass is 10.1. The number of halogens is 3. The maximum atomic E-state index is 13.3. The van der Waals surface area contributed by atoms with Crippen LogP contribution in [0, 0.1) is 0 Å². The van der Waals surface area contributed by atoms with Crippen molar-refractivity contribution in [2.24, 2.45) is 0 Å².